The number of benzene rings is 1. The van der Waals surface area contributed by atoms with Crippen LogP contribution in [0.2, 0.25) is 10.0 Å². The summed E-state index contributed by atoms with van der Waals surface area (Å²) in [5.41, 5.74) is 0.331. The normalized spacial score (nSPS) is 15.1. The maximum absolute atomic E-state index is 12.1. The Balaban J connectivity index is 2.22. The number of hydrogen-bond donors (Lipinski definition) is 1. The average molecular weight is 281 g/mol. The molecule has 0 aromatic heterocycles. The molecule has 0 unspecified atom stereocenters. The van der Waals surface area contributed by atoms with E-state index < -0.39 is 5.78 Å². The highest BCUT2D eigenvalue weighted by Crippen LogP contribution is 2.23. The summed E-state index contributed by atoms with van der Waals surface area (Å²) in [6.07, 6.45) is 3.61. The van der Waals surface area contributed by atoms with E-state index in [0.29, 0.717) is 11.1 Å². The zero-order valence-corrected chi connectivity index (χ0v) is 10.9. The molecular weight excluding hydrogens is 271 g/mol. The fourth-order valence-electron chi connectivity index (χ4n) is 1.42. The fourth-order valence-corrected chi connectivity index (χ4v) is 1.91. The Hall–Kier alpha value is -1.50. The first-order valence-corrected chi connectivity index (χ1v) is 6.23. The van der Waals surface area contributed by atoms with E-state index in [0.717, 1.165) is 12.8 Å². The third kappa shape index (κ3) is 3.04. The number of carbonyl (C=O) groups excluding carboxylic acids is 1. The Morgan fingerprint density at radius 3 is 2.72 bits per heavy atom. The van der Waals surface area contributed by atoms with Crippen molar-refractivity contribution in [1.29, 1.82) is 5.26 Å². The Labute approximate surface area is 115 Å². The molecule has 3 nitrogen and oxygen atoms in total. The number of nitriles is 1. The van der Waals surface area contributed by atoms with Crippen molar-refractivity contribution in [2.75, 3.05) is 0 Å². The van der Waals surface area contributed by atoms with Crippen LogP contribution < -0.4 is 5.32 Å². The van der Waals surface area contributed by atoms with E-state index in [4.69, 9.17) is 28.5 Å². The molecule has 1 aromatic rings. The van der Waals surface area contributed by atoms with Gasteiger partial charge in [0.2, 0.25) is 5.78 Å². The molecular formula is C13H10Cl2N2O. The topological polar surface area (TPSA) is 52.9 Å². The van der Waals surface area contributed by atoms with Gasteiger partial charge in [0.15, 0.2) is 0 Å². The Kier molecular flexibility index (Phi) is 3.90. The molecule has 0 amide bonds. The van der Waals surface area contributed by atoms with Crippen LogP contribution in [-0.4, -0.2) is 11.8 Å². The van der Waals surface area contributed by atoms with Crippen LogP contribution in [0.15, 0.2) is 30.0 Å². The molecule has 0 saturated heterocycles. The third-order valence-corrected chi connectivity index (χ3v) is 3.13. The third-order valence-electron chi connectivity index (χ3n) is 2.58. The van der Waals surface area contributed by atoms with Gasteiger partial charge < -0.3 is 5.32 Å². The summed E-state index contributed by atoms with van der Waals surface area (Å²) in [5.74, 6) is -0.396. The standard InChI is InChI=1S/C13H10Cl2N2O/c14-9-1-4-11(12(15)5-9)13(18)8(6-16)7-17-10-2-3-10/h1,4-5,7,10,17H,2-3H2/b8-7+. The first-order valence-electron chi connectivity index (χ1n) is 5.48. The van der Waals surface area contributed by atoms with Crippen molar-refractivity contribution in [3.05, 3.63) is 45.6 Å². The van der Waals surface area contributed by atoms with Gasteiger partial charge in [0.05, 0.1) is 5.02 Å². The van der Waals surface area contributed by atoms with Gasteiger partial charge in [-0.1, -0.05) is 23.2 Å². The average Bonchev–Trinajstić information content (AvgIpc) is 3.13. The molecule has 1 saturated carbocycles. The Morgan fingerprint density at radius 1 is 1.44 bits per heavy atom. The van der Waals surface area contributed by atoms with Crippen LogP contribution in [0.5, 0.6) is 0 Å². The summed E-state index contributed by atoms with van der Waals surface area (Å²) < 4.78 is 0. The quantitative estimate of drug-likeness (QED) is 0.523. The molecule has 2 rings (SSSR count). The maximum Gasteiger partial charge on any atom is 0.206 e. The van der Waals surface area contributed by atoms with Crippen LogP contribution >= 0.6 is 23.2 Å². The molecule has 1 N–H and O–H groups in total. The van der Waals surface area contributed by atoms with Crippen molar-refractivity contribution in [2.45, 2.75) is 18.9 Å². The summed E-state index contributed by atoms with van der Waals surface area (Å²) in [7, 11) is 0. The van der Waals surface area contributed by atoms with Crippen LogP contribution in [0.4, 0.5) is 0 Å². The van der Waals surface area contributed by atoms with Crippen LogP contribution in [0.25, 0.3) is 0 Å². The molecule has 5 heteroatoms. The molecule has 0 aliphatic heterocycles. The SMILES string of the molecule is N#C/C(=C\NC1CC1)C(=O)c1ccc(Cl)cc1Cl. The summed E-state index contributed by atoms with van der Waals surface area (Å²) in [4.78, 5) is 12.1. The first-order chi connectivity index (χ1) is 8.61. The lowest BCUT2D eigenvalue weighted by Crippen LogP contribution is -2.12. The number of carbonyl (C=O) groups is 1. The summed E-state index contributed by atoms with van der Waals surface area (Å²) in [6.45, 7) is 0. The van der Waals surface area contributed by atoms with Gasteiger partial charge in [-0.3, -0.25) is 4.79 Å². The number of rotatable bonds is 4. The molecule has 0 atom stereocenters. The highest BCUT2D eigenvalue weighted by atomic mass is 35.5. The van der Waals surface area contributed by atoms with E-state index in [1.54, 1.807) is 6.07 Å². The highest BCUT2D eigenvalue weighted by Gasteiger charge is 2.21. The number of nitrogens with one attached hydrogen (secondary N) is 1. The summed E-state index contributed by atoms with van der Waals surface area (Å²) in [6, 6.07) is 6.86. The second-order valence-corrected chi connectivity index (χ2v) is 4.91. The second kappa shape index (κ2) is 5.43. The van der Waals surface area contributed by atoms with E-state index in [-0.39, 0.29) is 16.2 Å². The van der Waals surface area contributed by atoms with Crippen LogP contribution in [0.3, 0.4) is 0 Å². The number of ketones is 1. The lowest BCUT2D eigenvalue weighted by molar-refractivity contribution is 0.103. The van der Waals surface area contributed by atoms with Crippen molar-refractivity contribution >= 4 is 29.0 Å². The molecule has 1 aliphatic rings. The first kappa shape index (κ1) is 12.9. The molecule has 0 radical (unpaired) electrons. The van der Waals surface area contributed by atoms with Gasteiger partial charge in [0.1, 0.15) is 11.6 Å². The molecule has 18 heavy (non-hydrogen) atoms. The minimum atomic E-state index is -0.396. The van der Waals surface area contributed by atoms with Gasteiger partial charge in [0, 0.05) is 22.8 Å². The van der Waals surface area contributed by atoms with Gasteiger partial charge in [-0.05, 0) is 31.0 Å². The molecule has 0 spiro atoms. The monoisotopic (exact) mass is 280 g/mol. The van der Waals surface area contributed by atoms with E-state index in [9.17, 15) is 4.79 Å². The molecule has 1 aliphatic carbocycles. The molecule has 92 valence electrons. The van der Waals surface area contributed by atoms with Crippen molar-refractivity contribution < 1.29 is 4.79 Å². The van der Waals surface area contributed by atoms with Crippen LogP contribution in [0.1, 0.15) is 23.2 Å². The van der Waals surface area contributed by atoms with E-state index in [1.807, 2.05) is 6.07 Å². The minimum absolute atomic E-state index is 0.0473. The zero-order chi connectivity index (χ0) is 13.1. The fraction of sp³-hybridized carbons (Fsp3) is 0.231. The molecule has 1 aromatic carbocycles. The number of allylic oxidation sites excluding steroid dienone is 1. The zero-order valence-electron chi connectivity index (χ0n) is 9.41. The lowest BCUT2D eigenvalue weighted by Gasteiger charge is -2.03. The van der Waals surface area contributed by atoms with E-state index >= 15 is 0 Å². The largest absolute Gasteiger partial charge is 0.387 e. The summed E-state index contributed by atoms with van der Waals surface area (Å²) >= 11 is 11.7. The van der Waals surface area contributed by atoms with Gasteiger partial charge in [-0.15, -0.1) is 0 Å². The number of nitrogens with zero attached hydrogens (tertiary/aromatic N) is 1. The van der Waals surface area contributed by atoms with Gasteiger partial charge in [-0.25, -0.2) is 0 Å². The predicted molar refractivity (Wildman–Crippen MR) is 70.6 cm³/mol. The van der Waals surface area contributed by atoms with Crippen molar-refractivity contribution in [2.24, 2.45) is 0 Å². The Bertz CT molecular complexity index is 557. The molecule has 0 heterocycles. The smallest absolute Gasteiger partial charge is 0.206 e. The van der Waals surface area contributed by atoms with Crippen LogP contribution in [0, 0.1) is 11.3 Å². The second-order valence-electron chi connectivity index (χ2n) is 4.06. The number of Topliss-reactive ketones (excluding diaryl/α,β-unsaturated/α-hetero) is 1. The summed E-state index contributed by atoms with van der Waals surface area (Å²) in [5, 5.41) is 12.7. The number of halogens is 2. The number of hydrogen-bond acceptors (Lipinski definition) is 3. The van der Waals surface area contributed by atoms with Crippen molar-refractivity contribution in [3.63, 3.8) is 0 Å². The van der Waals surface area contributed by atoms with Crippen molar-refractivity contribution in [1.82, 2.24) is 5.32 Å². The Morgan fingerprint density at radius 2 is 2.17 bits per heavy atom. The van der Waals surface area contributed by atoms with Crippen LogP contribution in [-0.2, 0) is 0 Å². The van der Waals surface area contributed by atoms with Gasteiger partial charge in [-0.2, -0.15) is 5.26 Å². The van der Waals surface area contributed by atoms with Gasteiger partial charge in [0.25, 0.3) is 0 Å². The maximum atomic E-state index is 12.1. The van der Waals surface area contributed by atoms with E-state index in [1.165, 1.54) is 18.3 Å². The molecule has 0 bridgehead atoms. The highest BCUT2D eigenvalue weighted by molar-refractivity contribution is 6.37. The van der Waals surface area contributed by atoms with E-state index in [2.05, 4.69) is 5.32 Å². The minimum Gasteiger partial charge on any atom is -0.387 e. The van der Waals surface area contributed by atoms with Gasteiger partial charge >= 0.3 is 0 Å². The van der Waals surface area contributed by atoms with Crippen molar-refractivity contribution in [3.8, 4) is 6.07 Å². The predicted octanol–water partition coefficient (Wildman–Crippen LogP) is 3.34. The lowest BCUT2D eigenvalue weighted by atomic mass is 10.1. The molecule has 1 fully saturated rings.